The Kier molecular flexibility index (Phi) is 2.88. The minimum Gasteiger partial charge on any atom is -0.383 e. The number of nitrogens with zero attached hydrogens (tertiary/aromatic N) is 3. The number of aryl methyl sites for hydroxylation is 1. The van der Waals surface area contributed by atoms with E-state index in [2.05, 4.69) is 5.10 Å². The van der Waals surface area contributed by atoms with Crippen molar-refractivity contribution in [2.75, 3.05) is 0 Å². The molecule has 1 aromatic heterocycles. The molecule has 2 unspecified atom stereocenters. The van der Waals surface area contributed by atoms with E-state index in [0.717, 1.165) is 0 Å². The van der Waals surface area contributed by atoms with Gasteiger partial charge in [0, 0.05) is 13.2 Å². The van der Waals surface area contributed by atoms with Crippen LogP contribution in [-0.4, -0.2) is 26.1 Å². The van der Waals surface area contributed by atoms with Crippen LogP contribution in [0.3, 0.4) is 0 Å². The Hall–Kier alpha value is -1.09. The summed E-state index contributed by atoms with van der Waals surface area (Å²) in [5, 5.41) is 30.7. The van der Waals surface area contributed by atoms with Gasteiger partial charge in [-0.05, 0) is 0 Å². The number of nitriles is 1. The Morgan fingerprint density at radius 1 is 1.69 bits per heavy atom. The highest BCUT2D eigenvalue weighted by molar-refractivity contribution is 6.31. The zero-order valence-corrected chi connectivity index (χ0v) is 7.60. The van der Waals surface area contributed by atoms with E-state index < -0.39 is 12.2 Å². The van der Waals surface area contributed by atoms with E-state index in [4.69, 9.17) is 22.0 Å². The van der Waals surface area contributed by atoms with Crippen LogP contribution in [-0.2, 0) is 7.05 Å². The van der Waals surface area contributed by atoms with E-state index in [-0.39, 0.29) is 10.7 Å². The third-order valence-corrected chi connectivity index (χ3v) is 1.81. The van der Waals surface area contributed by atoms with Crippen LogP contribution in [0.15, 0.2) is 6.20 Å². The molecular weight excluding hydrogens is 194 g/mol. The Morgan fingerprint density at radius 3 is 2.69 bits per heavy atom. The number of rotatable bonds is 2. The second kappa shape index (κ2) is 3.75. The van der Waals surface area contributed by atoms with Crippen molar-refractivity contribution >= 4 is 11.6 Å². The molecule has 0 spiro atoms. The fourth-order valence-corrected chi connectivity index (χ4v) is 1.19. The van der Waals surface area contributed by atoms with Gasteiger partial charge in [0.1, 0.15) is 11.8 Å². The first-order valence-corrected chi connectivity index (χ1v) is 3.89. The molecule has 1 aromatic rings. The third kappa shape index (κ3) is 1.98. The van der Waals surface area contributed by atoms with Gasteiger partial charge in [-0.25, -0.2) is 0 Å². The van der Waals surface area contributed by atoms with E-state index in [1.807, 2.05) is 0 Å². The van der Waals surface area contributed by atoms with Crippen LogP contribution in [0.4, 0.5) is 0 Å². The fraction of sp³-hybridized carbons (Fsp3) is 0.429. The first-order valence-electron chi connectivity index (χ1n) is 3.51. The molecule has 1 rings (SSSR count). The molecule has 0 fully saturated rings. The summed E-state index contributed by atoms with van der Waals surface area (Å²) in [6, 6.07) is 1.50. The summed E-state index contributed by atoms with van der Waals surface area (Å²) in [5.41, 5.74) is 0.109. The Morgan fingerprint density at radius 2 is 2.31 bits per heavy atom. The van der Waals surface area contributed by atoms with Gasteiger partial charge >= 0.3 is 0 Å². The number of hydrogen-bond donors (Lipinski definition) is 2. The van der Waals surface area contributed by atoms with Crippen molar-refractivity contribution in [1.82, 2.24) is 9.78 Å². The average molecular weight is 202 g/mol. The monoisotopic (exact) mass is 201 g/mol. The lowest BCUT2D eigenvalue weighted by molar-refractivity contribution is 0.0495. The van der Waals surface area contributed by atoms with Crippen LogP contribution in [0.1, 0.15) is 11.8 Å². The zero-order valence-electron chi connectivity index (χ0n) is 6.85. The minimum absolute atomic E-state index is 0.109. The lowest BCUT2D eigenvalue weighted by Gasteiger charge is -2.08. The van der Waals surface area contributed by atoms with Crippen molar-refractivity contribution < 1.29 is 10.2 Å². The molecule has 2 atom stereocenters. The van der Waals surface area contributed by atoms with E-state index in [9.17, 15) is 5.11 Å². The first kappa shape index (κ1) is 9.99. The molecule has 0 saturated carbocycles. The van der Waals surface area contributed by atoms with Gasteiger partial charge in [0.2, 0.25) is 0 Å². The van der Waals surface area contributed by atoms with Crippen LogP contribution in [0, 0.1) is 11.3 Å². The number of aromatic nitrogens is 2. The number of hydrogen-bond acceptors (Lipinski definition) is 4. The summed E-state index contributed by atoms with van der Waals surface area (Å²) in [5.74, 6) is 0. The molecule has 0 aliphatic rings. The summed E-state index contributed by atoms with van der Waals surface area (Å²) in [4.78, 5) is 0. The SMILES string of the molecule is Cn1cc(Cl)c(C(O)C(O)C#N)n1. The maximum absolute atomic E-state index is 9.35. The topological polar surface area (TPSA) is 82.1 Å². The van der Waals surface area contributed by atoms with Gasteiger partial charge in [-0.3, -0.25) is 4.68 Å². The van der Waals surface area contributed by atoms with Crippen molar-refractivity contribution in [3.63, 3.8) is 0 Å². The highest BCUT2D eigenvalue weighted by Gasteiger charge is 2.23. The highest BCUT2D eigenvalue weighted by atomic mass is 35.5. The summed E-state index contributed by atoms with van der Waals surface area (Å²) < 4.78 is 1.39. The van der Waals surface area contributed by atoms with Crippen molar-refractivity contribution in [1.29, 1.82) is 5.26 Å². The fourth-order valence-electron chi connectivity index (χ4n) is 0.897. The molecule has 0 amide bonds. The molecule has 0 aliphatic heterocycles. The zero-order chi connectivity index (χ0) is 10.0. The van der Waals surface area contributed by atoms with Crippen molar-refractivity contribution in [3.05, 3.63) is 16.9 Å². The highest BCUT2D eigenvalue weighted by Crippen LogP contribution is 2.22. The molecular formula is C7H8ClN3O2. The molecule has 2 N–H and O–H groups in total. The summed E-state index contributed by atoms with van der Waals surface area (Å²) in [6.07, 6.45) is -1.39. The van der Waals surface area contributed by atoms with Crippen LogP contribution in [0.5, 0.6) is 0 Å². The molecule has 5 nitrogen and oxygen atoms in total. The predicted molar refractivity (Wildman–Crippen MR) is 44.8 cm³/mol. The molecule has 1 heterocycles. The van der Waals surface area contributed by atoms with Crippen molar-refractivity contribution in [2.45, 2.75) is 12.2 Å². The quantitative estimate of drug-likeness (QED) is 0.660. The van der Waals surface area contributed by atoms with Gasteiger partial charge in [0.05, 0.1) is 11.1 Å². The van der Waals surface area contributed by atoms with Crippen LogP contribution in [0.25, 0.3) is 0 Å². The number of aliphatic hydroxyl groups excluding tert-OH is 2. The molecule has 6 heteroatoms. The summed E-state index contributed by atoms with van der Waals surface area (Å²) >= 11 is 5.68. The van der Waals surface area contributed by atoms with E-state index >= 15 is 0 Å². The maximum Gasteiger partial charge on any atom is 0.172 e. The van der Waals surface area contributed by atoms with Crippen molar-refractivity contribution in [2.24, 2.45) is 7.05 Å². The molecule has 0 saturated heterocycles. The second-order valence-corrected chi connectivity index (χ2v) is 2.96. The molecule has 0 aromatic carbocycles. The Labute approximate surface area is 79.8 Å². The van der Waals surface area contributed by atoms with Gasteiger partial charge in [0.15, 0.2) is 6.10 Å². The number of aliphatic hydroxyl groups is 2. The van der Waals surface area contributed by atoms with Gasteiger partial charge in [-0.2, -0.15) is 10.4 Å². The molecule has 0 bridgehead atoms. The molecule has 70 valence electrons. The van der Waals surface area contributed by atoms with Gasteiger partial charge < -0.3 is 10.2 Å². The lowest BCUT2D eigenvalue weighted by Crippen LogP contribution is -2.16. The van der Waals surface area contributed by atoms with Gasteiger partial charge in [-0.1, -0.05) is 11.6 Å². The van der Waals surface area contributed by atoms with E-state index in [1.54, 1.807) is 7.05 Å². The standard InChI is InChI=1S/C7H8ClN3O2/c1-11-3-4(8)6(10-11)7(13)5(12)2-9/h3,5,7,12-13H,1H3. The normalized spacial score (nSPS) is 15.0. The smallest absolute Gasteiger partial charge is 0.172 e. The van der Waals surface area contributed by atoms with Crippen LogP contribution in [0.2, 0.25) is 5.02 Å². The maximum atomic E-state index is 9.35. The van der Waals surface area contributed by atoms with Crippen LogP contribution >= 0.6 is 11.6 Å². The first-order chi connectivity index (χ1) is 6.06. The Balaban J connectivity index is 2.95. The van der Waals surface area contributed by atoms with E-state index in [1.165, 1.54) is 16.9 Å². The van der Waals surface area contributed by atoms with Crippen molar-refractivity contribution in [3.8, 4) is 6.07 Å². The molecule has 0 radical (unpaired) electrons. The third-order valence-electron chi connectivity index (χ3n) is 1.52. The molecule has 13 heavy (non-hydrogen) atoms. The average Bonchev–Trinajstić information content (AvgIpc) is 2.42. The summed E-state index contributed by atoms with van der Waals surface area (Å²) in [6.45, 7) is 0. The van der Waals surface area contributed by atoms with E-state index in [0.29, 0.717) is 0 Å². The number of halogens is 1. The van der Waals surface area contributed by atoms with Gasteiger partial charge in [0.25, 0.3) is 0 Å². The molecule has 0 aliphatic carbocycles. The summed E-state index contributed by atoms with van der Waals surface area (Å²) in [7, 11) is 1.63. The van der Waals surface area contributed by atoms with Crippen LogP contribution < -0.4 is 0 Å². The van der Waals surface area contributed by atoms with Gasteiger partial charge in [-0.15, -0.1) is 0 Å². The largest absolute Gasteiger partial charge is 0.383 e. The predicted octanol–water partition coefficient (Wildman–Crippen LogP) is -0.00862. The minimum atomic E-state index is -1.51. The Bertz CT molecular complexity index is 344. The lowest BCUT2D eigenvalue weighted by atomic mass is 10.1. The second-order valence-electron chi connectivity index (χ2n) is 2.55.